The Bertz CT molecular complexity index is 1120. The van der Waals surface area contributed by atoms with E-state index in [1.807, 2.05) is 28.8 Å². The first-order chi connectivity index (χ1) is 15.2. The lowest BCUT2D eigenvalue weighted by molar-refractivity contribution is -0.137. The second-order valence-corrected chi connectivity index (χ2v) is 10.2. The number of benzene rings is 1. The molecule has 0 saturated carbocycles. The molecule has 1 aromatic carbocycles. The molecule has 32 heavy (non-hydrogen) atoms. The Morgan fingerprint density at radius 1 is 1.19 bits per heavy atom. The summed E-state index contributed by atoms with van der Waals surface area (Å²) in [6.07, 6.45) is -3.06. The van der Waals surface area contributed by atoms with E-state index >= 15 is 0 Å². The summed E-state index contributed by atoms with van der Waals surface area (Å²) in [7, 11) is -3.19. The largest absolute Gasteiger partial charge is 0.417 e. The molecular weight excluding hydrogens is 486 g/mol. The van der Waals surface area contributed by atoms with Crippen LogP contribution >= 0.6 is 31.0 Å². The molecule has 12 heteroatoms. The zero-order valence-electron chi connectivity index (χ0n) is 17.4. The number of hydrogen-bond acceptors (Lipinski definition) is 6. The number of aryl methyl sites for hydroxylation is 1. The second-order valence-electron chi connectivity index (χ2n) is 6.67. The van der Waals surface area contributed by atoms with Gasteiger partial charge in [0.2, 0.25) is 0 Å². The molecule has 0 aliphatic heterocycles. The molecule has 6 nitrogen and oxygen atoms in total. The normalized spacial score (nSPS) is 12.6. The Hall–Kier alpha value is -1.58. The average molecular weight is 508 g/mol. The van der Waals surface area contributed by atoms with Crippen LogP contribution in [0.15, 0.2) is 46.7 Å². The van der Waals surface area contributed by atoms with E-state index in [0.29, 0.717) is 18.1 Å². The molecule has 0 aliphatic rings. The average Bonchev–Trinajstić information content (AvgIpc) is 3.06. The minimum atomic E-state index is -4.53. The lowest BCUT2D eigenvalue weighted by Crippen LogP contribution is -2.07. The van der Waals surface area contributed by atoms with Crippen molar-refractivity contribution in [2.24, 2.45) is 0 Å². The van der Waals surface area contributed by atoms with E-state index in [2.05, 4.69) is 9.97 Å². The summed E-state index contributed by atoms with van der Waals surface area (Å²) in [5, 5.41) is 0.620. The van der Waals surface area contributed by atoms with E-state index in [-0.39, 0.29) is 29.4 Å². The van der Waals surface area contributed by atoms with E-state index < -0.39 is 19.3 Å². The molecule has 0 aliphatic carbocycles. The smallest absolute Gasteiger partial charge is 0.319 e. The standard InChI is InChI=1S/C20H22ClF3N3O3PS/c1-3-29-31(28,30-4-2)11-7-10-27-17-9-6-5-8-16(17)26-19(27)32-18-15(21)12-14(13-25-18)20(22,23)24/h5-6,8-9,12-13H,3-4,7,10-11H2,1-2H3. The van der Waals surface area contributed by atoms with Crippen LogP contribution in [0.2, 0.25) is 5.02 Å². The number of fused-ring (bicyclic) bond motifs is 1. The number of rotatable bonds is 10. The van der Waals surface area contributed by atoms with Crippen molar-refractivity contribution in [1.29, 1.82) is 0 Å². The molecule has 0 amide bonds. The van der Waals surface area contributed by atoms with Crippen LogP contribution in [-0.4, -0.2) is 33.9 Å². The van der Waals surface area contributed by atoms with Gasteiger partial charge in [-0.3, -0.25) is 4.57 Å². The van der Waals surface area contributed by atoms with Crippen molar-refractivity contribution in [3.05, 3.63) is 47.1 Å². The minimum Gasteiger partial charge on any atom is -0.319 e. The van der Waals surface area contributed by atoms with Crippen molar-refractivity contribution in [2.45, 2.75) is 43.2 Å². The van der Waals surface area contributed by atoms with Crippen LogP contribution < -0.4 is 0 Å². The number of halogens is 4. The summed E-state index contributed by atoms with van der Waals surface area (Å²) in [6, 6.07) is 8.28. The summed E-state index contributed by atoms with van der Waals surface area (Å²) >= 11 is 7.15. The Morgan fingerprint density at radius 2 is 1.88 bits per heavy atom. The molecule has 3 rings (SSSR count). The van der Waals surface area contributed by atoms with Gasteiger partial charge in [-0.05, 0) is 50.2 Å². The van der Waals surface area contributed by atoms with Crippen molar-refractivity contribution in [3.8, 4) is 0 Å². The number of imidazole rings is 1. The summed E-state index contributed by atoms with van der Waals surface area (Å²) < 4.78 is 64.1. The third-order valence-corrected chi connectivity index (χ3v) is 7.99. The predicted octanol–water partition coefficient (Wildman–Crippen LogP) is 6.91. The Balaban J connectivity index is 1.86. The summed E-state index contributed by atoms with van der Waals surface area (Å²) in [4.78, 5) is 8.47. The molecule has 3 aromatic rings. The molecule has 0 fully saturated rings. The van der Waals surface area contributed by atoms with Gasteiger partial charge in [-0.1, -0.05) is 23.7 Å². The number of para-hydroxylation sites is 2. The SMILES string of the molecule is CCOP(=O)(CCCn1c(Sc2ncc(C(F)(F)F)cc2Cl)nc2ccccc21)OCC. The lowest BCUT2D eigenvalue weighted by Gasteiger charge is -2.17. The molecule has 2 heterocycles. The van der Waals surface area contributed by atoms with Crippen molar-refractivity contribution in [1.82, 2.24) is 14.5 Å². The highest BCUT2D eigenvalue weighted by Crippen LogP contribution is 2.48. The maximum absolute atomic E-state index is 12.9. The topological polar surface area (TPSA) is 66.2 Å². The van der Waals surface area contributed by atoms with Gasteiger partial charge in [-0.15, -0.1) is 0 Å². The highest BCUT2D eigenvalue weighted by atomic mass is 35.5. The molecule has 0 saturated heterocycles. The van der Waals surface area contributed by atoms with Crippen LogP contribution in [-0.2, 0) is 26.3 Å². The minimum absolute atomic E-state index is 0.111. The van der Waals surface area contributed by atoms with Crippen molar-refractivity contribution in [2.75, 3.05) is 19.4 Å². The Labute approximate surface area is 193 Å². The van der Waals surface area contributed by atoms with E-state index in [1.54, 1.807) is 13.8 Å². The van der Waals surface area contributed by atoms with E-state index in [9.17, 15) is 17.7 Å². The van der Waals surface area contributed by atoms with Gasteiger partial charge < -0.3 is 13.6 Å². The molecule has 0 bridgehead atoms. The highest BCUT2D eigenvalue weighted by Gasteiger charge is 2.32. The first-order valence-corrected chi connectivity index (χ1v) is 12.8. The summed E-state index contributed by atoms with van der Waals surface area (Å²) in [6.45, 7) is 4.52. The summed E-state index contributed by atoms with van der Waals surface area (Å²) in [5.74, 6) is 0. The fraction of sp³-hybridized carbons (Fsp3) is 0.400. The first-order valence-electron chi connectivity index (χ1n) is 9.91. The monoisotopic (exact) mass is 507 g/mol. The highest BCUT2D eigenvalue weighted by molar-refractivity contribution is 7.99. The van der Waals surface area contributed by atoms with Gasteiger partial charge in [-0.2, -0.15) is 13.2 Å². The maximum Gasteiger partial charge on any atom is 0.417 e. The molecule has 0 spiro atoms. The molecular formula is C20H22ClF3N3O3PS. The fourth-order valence-corrected chi connectivity index (χ4v) is 5.88. The zero-order chi connectivity index (χ0) is 23.4. The molecule has 174 valence electrons. The number of aromatic nitrogens is 3. The van der Waals surface area contributed by atoms with Crippen molar-refractivity contribution in [3.63, 3.8) is 0 Å². The molecule has 2 aromatic heterocycles. The maximum atomic E-state index is 12.9. The van der Waals surface area contributed by atoms with E-state index in [4.69, 9.17) is 20.6 Å². The van der Waals surface area contributed by atoms with Gasteiger partial charge in [0.15, 0.2) is 5.16 Å². The number of hydrogen-bond donors (Lipinski definition) is 0. The van der Waals surface area contributed by atoms with Gasteiger partial charge in [0.1, 0.15) is 5.03 Å². The second kappa shape index (κ2) is 10.6. The van der Waals surface area contributed by atoms with Gasteiger partial charge in [0.05, 0.1) is 41.0 Å². The molecule has 0 N–H and O–H groups in total. The van der Waals surface area contributed by atoms with Gasteiger partial charge in [0, 0.05) is 12.7 Å². The lowest BCUT2D eigenvalue weighted by atomic mass is 10.3. The molecule has 0 radical (unpaired) electrons. The van der Waals surface area contributed by atoms with Gasteiger partial charge in [0.25, 0.3) is 0 Å². The van der Waals surface area contributed by atoms with Crippen LogP contribution in [0, 0.1) is 0 Å². The van der Waals surface area contributed by atoms with Crippen molar-refractivity contribution < 1.29 is 26.8 Å². The van der Waals surface area contributed by atoms with Crippen LogP contribution in [0.3, 0.4) is 0 Å². The molecule has 0 atom stereocenters. The van der Waals surface area contributed by atoms with E-state index in [0.717, 1.165) is 35.1 Å². The van der Waals surface area contributed by atoms with Gasteiger partial charge >= 0.3 is 13.8 Å². The van der Waals surface area contributed by atoms with Crippen LogP contribution in [0.4, 0.5) is 13.2 Å². The zero-order valence-corrected chi connectivity index (χ0v) is 19.9. The molecule has 0 unspecified atom stereocenters. The van der Waals surface area contributed by atoms with Crippen LogP contribution in [0.5, 0.6) is 0 Å². The number of nitrogens with zero attached hydrogens (tertiary/aromatic N) is 3. The number of pyridine rings is 1. The first kappa shape index (κ1) is 25.1. The Kier molecular flexibility index (Phi) is 8.27. The van der Waals surface area contributed by atoms with Crippen LogP contribution in [0.25, 0.3) is 11.0 Å². The van der Waals surface area contributed by atoms with E-state index in [1.165, 1.54) is 0 Å². The predicted molar refractivity (Wildman–Crippen MR) is 118 cm³/mol. The summed E-state index contributed by atoms with van der Waals surface area (Å²) in [5.41, 5.74) is 0.638. The number of alkyl halides is 3. The van der Waals surface area contributed by atoms with Crippen LogP contribution in [0.1, 0.15) is 25.8 Å². The Morgan fingerprint density at radius 3 is 2.50 bits per heavy atom. The third kappa shape index (κ3) is 6.05. The van der Waals surface area contributed by atoms with Gasteiger partial charge in [-0.25, -0.2) is 9.97 Å². The fourth-order valence-electron chi connectivity index (χ4n) is 3.07. The third-order valence-electron chi connectivity index (χ3n) is 4.41. The van der Waals surface area contributed by atoms with Crippen molar-refractivity contribution >= 4 is 42.0 Å². The quantitative estimate of drug-likeness (QED) is 0.278.